The van der Waals surface area contributed by atoms with Crippen molar-refractivity contribution in [1.29, 1.82) is 0 Å². The van der Waals surface area contributed by atoms with Crippen molar-refractivity contribution in [3.8, 4) is 0 Å². The number of Topliss-reactive ketones (excluding diaryl/α,β-unsaturated/α-hetero) is 1. The number of halogens is 1. The van der Waals surface area contributed by atoms with E-state index in [0.29, 0.717) is 17.4 Å². The molecular formula is C17H14FNO. The third-order valence-corrected chi connectivity index (χ3v) is 3.43. The summed E-state index contributed by atoms with van der Waals surface area (Å²) in [6.07, 6.45) is 1.98. The summed E-state index contributed by atoms with van der Waals surface area (Å²) in [5.74, 6) is -0.341. The molecule has 0 atom stereocenters. The van der Waals surface area contributed by atoms with Crippen molar-refractivity contribution in [3.63, 3.8) is 0 Å². The van der Waals surface area contributed by atoms with Crippen LogP contribution in [0.5, 0.6) is 0 Å². The minimum absolute atomic E-state index is 0.00861. The van der Waals surface area contributed by atoms with E-state index in [1.165, 1.54) is 12.1 Å². The van der Waals surface area contributed by atoms with E-state index in [1.807, 2.05) is 31.2 Å². The van der Waals surface area contributed by atoms with E-state index >= 15 is 0 Å². The maximum Gasteiger partial charge on any atom is 0.169 e. The molecule has 0 aliphatic rings. The molecule has 0 aliphatic carbocycles. The van der Waals surface area contributed by atoms with Crippen molar-refractivity contribution in [1.82, 2.24) is 4.98 Å². The Hall–Kier alpha value is -2.42. The summed E-state index contributed by atoms with van der Waals surface area (Å²) in [6, 6.07) is 12.3. The number of rotatable bonds is 3. The Morgan fingerprint density at radius 1 is 1.15 bits per heavy atom. The highest BCUT2D eigenvalue weighted by Crippen LogP contribution is 2.21. The molecule has 1 heterocycles. The summed E-state index contributed by atoms with van der Waals surface area (Å²) >= 11 is 0. The minimum Gasteiger partial charge on any atom is -0.360 e. The second-order valence-corrected chi connectivity index (χ2v) is 4.98. The van der Waals surface area contributed by atoms with E-state index in [-0.39, 0.29) is 11.6 Å². The van der Waals surface area contributed by atoms with Crippen LogP contribution in [0.1, 0.15) is 21.5 Å². The molecule has 100 valence electrons. The highest BCUT2D eigenvalue weighted by atomic mass is 19.1. The van der Waals surface area contributed by atoms with Crippen LogP contribution < -0.4 is 0 Å². The predicted molar refractivity (Wildman–Crippen MR) is 77.5 cm³/mol. The molecule has 0 bridgehead atoms. The van der Waals surface area contributed by atoms with Crippen LogP contribution in [0.3, 0.4) is 0 Å². The predicted octanol–water partition coefficient (Wildman–Crippen LogP) is 4.04. The van der Waals surface area contributed by atoms with Gasteiger partial charge in [-0.1, -0.05) is 29.8 Å². The fraction of sp³-hybridized carbons (Fsp3) is 0.118. The lowest BCUT2D eigenvalue weighted by atomic mass is 10.0. The fourth-order valence-electron chi connectivity index (χ4n) is 2.31. The number of benzene rings is 2. The van der Waals surface area contributed by atoms with Gasteiger partial charge in [0.15, 0.2) is 5.78 Å². The molecule has 3 rings (SSSR count). The van der Waals surface area contributed by atoms with Gasteiger partial charge < -0.3 is 4.98 Å². The van der Waals surface area contributed by atoms with E-state index < -0.39 is 0 Å². The fourth-order valence-corrected chi connectivity index (χ4v) is 2.31. The van der Waals surface area contributed by atoms with Gasteiger partial charge in [0.1, 0.15) is 5.82 Å². The minimum atomic E-state index is -0.332. The number of aryl methyl sites for hydroxylation is 1. The van der Waals surface area contributed by atoms with E-state index in [4.69, 9.17) is 0 Å². The van der Waals surface area contributed by atoms with Gasteiger partial charge in [-0.15, -0.1) is 0 Å². The summed E-state index contributed by atoms with van der Waals surface area (Å²) in [4.78, 5) is 15.3. The maximum atomic E-state index is 13.3. The van der Waals surface area contributed by atoms with Gasteiger partial charge in [-0.3, -0.25) is 4.79 Å². The Balaban J connectivity index is 1.92. The first-order chi connectivity index (χ1) is 9.63. The Kier molecular flexibility index (Phi) is 3.11. The quantitative estimate of drug-likeness (QED) is 0.714. The van der Waals surface area contributed by atoms with Crippen LogP contribution in [0.2, 0.25) is 0 Å². The number of carbonyl (C=O) groups excluding carboxylic acids is 1. The number of ketones is 1. The first kappa shape index (κ1) is 12.6. The van der Waals surface area contributed by atoms with Gasteiger partial charge in [0.25, 0.3) is 0 Å². The van der Waals surface area contributed by atoms with E-state index in [0.717, 1.165) is 16.6 Å². The van der Waals surface area contributed by atoms with Crippen molar-refractivity contribution >= 4 is 16.7 Å². The summed E-state index contributed by atoms with van der Waals surface area (Å²) in [5, 5.41) is 0.641. The van der Waals surface area contributed by atoms with Crippen molar-refractivity contribution in [3.05, 3.63) is 71.2 Å². The lowest BCUT2D eigenvalue weighted by Gasteiger charge is -2.01. The Labute approximate surface area is 116 Å². The molecule has 20 heavy (non-hydrogen) atoms. The van der Waals surface area contributed by atoms with E-state index in [9.17, 15) is 9.18 Å². The molecule has 0 amide bonds. The van der Waals surface area contributed by atoms with E-state index in [1.54, 1.807) is 12.3 Å². The molecule has 0 radical (unpaired) electrons. The summed E-state index contributed by atoms with van der Waals surface area (Å²) in [6.45, 7) is 2.01. The SMILES string of the molecule is Cc1ccc(CC(=O)c2c[nH]c3ccc(F)cc23)cc1. The van der Waals surface area contributed by atoms with Crippen LogP contribution in [0, 0.1) is 12.7 Å². The van der Waals surface area contributed by atoms with Gasteiger partial charge in [0.05, 0.1) is 0 Å². The topological polar surface area (TPSA) is 32.9 Å². The molecule has 2 aromatic carbocycles. The average Bonchev–Trinajstić information content (AvgIpc) is 2.84. The van der Waals surface area contributed by atoms with Crippen molar-refractivity contribution < 1.29 is 9.18 Å². The molecular weight excluding hydrogens is 253 g/mol. The summed E-state index contributed by atoms with van der Waals surface area (Å²) < 4.78 is 13.3. The van der Waals surface area contributed by atoms with E-state index in [2.05, 4.69) is 4.98 Å². The van der Waals surface area contributed by atoms with Crippen LogP contribution in [0.4, 0.5) is 4.39 Å². The number of aromatic amines is 1. The number of hydrogen-bond donors (Lipinski definition) is 1. The number of fused-ring (bicyclic) bond motifs is 1. The molecule has 0 saturated heterocycles. The Morgan fingerprint density at radius 2 is 1.90 bits per heavy atom. The van der Waals surface area contributed by atoms with Gasteiger partial charge in [-0.25, -0.2) is 4.39 Å². The monoisotopic (exact) mass is 267 g/mol. The molecule has 0 saturated carbocycles. The molecule has 3 heteroatoms. The molecule has 0 aliphatic heterocycles. The smallest absolute Gasteiger partial charge is 0.169 e. The number of hydrogen-bond acceptors (Lipinski definition) is 1. The lowest BCUT2D eigenvalue weighted by molar-refractivity contribution is 0.0994. The molecule has 1 aromatic heterocycles. The Morgan fingerprint density at radius 3 is 2.65 bits per heavy atom. The molecule has 1 N–H and O–H groups in total. The van der Waals surface area contributed by atoms with Crippen LogP contribution in [-0.4, -0.2) is 10.8 Å². The standard InChI is InChI=1S/C17H14FNO/c1-11-2-4-12(5-3-11)8-17(20)15-10-19-16-7-6-13(18)9-14(15)16/h2-7,9-10,19H,8H2,1H3. The number of carbonyl (C=O) groups is 1. The summed E-state index contributed by atoms with van der Waals surface area (Å²) in [7, 11) is 0. The maximum absolute atomic E-state index is 13.3. The van der Waals surface area contributed by atoms with Crippen LogP contribution >= 0.6 is 0 Å². The number of nitrogens with one attached hydrogen (secondary N) is 1. The van der Waals surface area contributed by atoms with Crippen molar-refractivity contribution in [2.75, 3.05) is 0 Å². The lowest BCUT2D eigenvalue weighted by Crippen LogP contribution is -2.02. The molecule has 0 fully saturated rings. The number of aromatic nitrogens is 1. The van der Waals surface area contributed by atoms with Crippen LogP contribution in [-0.2, 0) is 6.42 Å². The summed E-state index contributed by atoms with van der Waals surface area (Å²) in [5.41, 5.74) is 3.44. The van der Waals surface area contributed by atoms with Gasteiger partial charge in [0, 0.05) is 29.1 Å². The van der Waals surface area contributed by atoms with Crippen molar-refractivity contribution in [2.24, 2.45) is 0 Å². The third-order valence-electron chi connectivity index (χ3n) is 3.43. The second kappa shape index (κ2) is 4.93. The van der Waals surface area contributed by atoms with Gasteiger partial charge in [-0.05, 0) is 30.7 Å². The molecule has 3 aromatic rings. The highest BCUT2D eigenvalue weighted by molar-refractivity contribution is 6.08. The zero-order chi connectivity index (χ0) is 14.1. The van der Waals surface area contributed by atoms with Crippen molar-refractivity contribution in [2.45, 2.75) is 13.3 Å². The van der Waals surface area contributed by atoms with Crippen LogP contribution in [0.15, 0.2) is 48.7 Å². The van der Waals surface area contributed by atoms with Gasteiger partial charge >= 0.3 is 0 Å². The second-order valence-electron chi connectivity index (χ2n) is 4.98. The first-order valence-corrected chi connectivity index (χ1v) is 6.49. The first-order valence-electron chi connectivity index (χ1n) is 6.49. The average molecular weight is 267 g/mol. The zero-order valence-corrected chi connectivity index (χ0v) is 11.1. The largest absolute Gasteiger partial charge is 0.360 e. The number of H-pyrrole nitrogens is 1. The van der Waals surface area contributed by atoms with Crippen LogP contribution in [0.25, 0.3) is 10.9 Å². The zero-order valence-electron chi connectivity index (χ0n) is 11.1. The molecule has 2 nitrogen and oxygen atoms in total. The van der Waals surface area contributed by atoms with Gasteiger partial charge in [-0.2, -0.15) is 0 Å². The normalized spacial score (nSPS) is 10.9. The highest BCUT2D eigenvalue weighted by Gasteiger charge is 2.13. The third kappa shape index (κ3) is 2.35. The van der Waals surface area contributed by atoms with Gasteiger partial charge in [0.2, 0.25) is 0 Å². The molecule has 0 spiro atoms. The Bertz CT molecular complexity index is 771. The molecule has 0 unspecified atom stereocenters.